The van der Waals surface area contributed by atoms with Gasteiger partial charge in [-0.1, -0.05) is 78.9 Å². The van der Waals surface area contributed by atoms with Crippen molar-refractivity contribution in [3.63, 3.8) is 0 Å². The zero-order chi connectivity index (χ0) is 26.8. The molecule has 6 aromatic carbocycles. The maximum absolute atomic E-state index is 10.9. The number of fused-ring (bicyclic) bond motifs is 6. The van der Waals surface area contributed by atoms with E-state index < -0.39 is 0 Å². The molecule has 0 radical (unpaired) electrons. The first-order valence-corrected chi connectivity index (χ1v) is 13.3. The number of phenolic OH excluding ortho intramolecular Hbond substituents is 2. The van der Waals surface area contributed by atoms with Gasteiger partial charge >= 0.3 is 0 Å². The molecule has 0 unspecified atom stereocenters. The maximum atomic E-state index is 10.9. The SMILES string of the molecule is Oc1cccc2c1c1ccccc1n2-c1cc(-c2ccccc2)cc(-n2c3ccccc3c3c(O)cccc32)c1. The van der Waals surface area contributed by atoms with Gasteiger partial charge in [0.25, 0.3) is 0 Å². The van der Waals surface area contributed by atoms with E-state index >= 15 is 0 Å². The normalized spacial score (nSPS) is 11.7. The van der Waals surface area contributed by atoms with Crippen molar-refractivity contribution in [3.8, 4) is 34.0 Å². The summed E-state index contributed by atoms with van der Waals surface area (Å²) < 4.78 is 4.46. The third kappa shape index (κ3) is 3.20. The Labute approximate surface area is 230 Å². The van der Waals surface area contributed by atoms with Crippen LogP contribution in [0.25, 0.3) is 66.1 Å². The second-order valence-electron chi connectivity index (χ2n) is 10.2. The van der Waals surface area contributed by atoms with E-state index in [0.717, 1.165) is 66.1 Å². The lowest BCUT2D eigenvalue weighted by Gasteiger charge is -2.16. The van der Waals surface area contributed by atoms with Crippen molar-refractivity contribution in [1.29, 1.82) is 0 Å². The van der Waals surface area contributed by atoms with Gasteiger partial charge in [-0.2, -0.15) is 0 Å². The fraction of sp³-hybridized carbons (Fsp3) is 0. The van der Waals surface area contributed by atoms with Crippen molar-refractivity contribution in [2.45, 2.75) is 0 Å². The fourth-order valence-corrected chi connectivity index (χ4v) is 6.21. The van der Waals surface area contributed by atoms with Crippen molar-refractivity contribution >= 4 is 43.6 Å². The summed E-state index contributed by atoms with van der Waals surface area (Å²) in [6.45, 7) is 0. The van der Waals surface area contributed by atoms with E-state index in [1.54, 1.807) is 12.1 Å². The van der Waals surface area contributed by atoms with E-state index in [2.05, 4.69) is 88.0 Å². The van der Waals surface area contributed by atoms with Crippen LogP contribution in [-0.2, 0) is 0 Å². The summed E-state index contributed by atoms with van der Waals surface area (Å²) in [6, 6.07) is 44.8. The fourth-order valence-electron chi connectivity index (χ4n) is 6.21. The Morgan fingerprint density at radius 3 is 1.35 bits per heavy atom. The standard InChI is InChI=1S/C36H24N2O2/c39-33-18-8-16-31-35(33)27-12-4-6-14-29(27)37(31)25-20-24(23-10-2-1-3-11-23)21-26(22-25)38-30-15-7-5-13-28(30)36-32(38)17-9-19-34(36)40/h1-22,39-40H. The minimum atomic E-state index is 0.268. The molecule has 0 aliphatic rings. The molecule has 0 fully saturated rings. The van der Waals surface area contributed by atoms with Crippen LogP contribution in [0.5, 0.6) is 11.5 Å². The van der Waals surface area contributed by atoms with Crippen LogP contribution in [-0.4, -0.2) is 19.3 Å². The van der Waals surface area contributed by atoms with Gasteiger partial charge in [-0.15, -0.1) is 0 Å². The number of aromatic nitrogens is 2. The minimum Gasteiger partial charge on any atom is -0.507 e. The topological polar surface area (TPSA) is 50.3 Å². The van der Waals surface area contributed by atoms with Crippen molar-refractivity contribution < 1.29 is 10.2 Å². The Bertz CT molecular complexity index is 2100. The predicted octanol–water partition coefficient (Wildman–Crippen LogP) is 8.96. The van der Waals surface area contributed by atoms with E-state index in [1.807, 2.05) is 42.5 Å². The van der Waals surface area contributed by atoms with Crippen LogP contribution in [0, 0.1) is 0 Å². The summed E-state index contributed by atoms with van der Waals surface area (Å²) in [4.78, 5) is 0. The van der Waals surface area contributed by atoms with Gasteiger partial charge in [0.1, 0.15) is 11.5 Å². The number of aromatic hydroxyl groups is 2. The highest BCUT2D eigenvalue weighted by Gasteiger charge is 2.19. The molecule has 4 heteroatoms. The highest BCUT2D eigenvalue weighted by Crippen LogP contribution is 2.41. The monoisotopic (exact) mass is 516 g/mol. The Morgan fingerprint density at radius 2 is 0.825 bits per heavy atom. The van der Waals surface area contributed by atoms with Gasteiger partial charge in [-0.05, 0) is 65.7 Å². The Hall–Kier alpha value is -5.48. The Balaban J connectivity index is 1.52. The molecule has 0 saturated carbocycles. The van der Waals surface area contributed by atoms with Crippen LogP contribution in [0.15, 0.2) is 133 Å². The van der Waals surface area contributed by atoms with E-state index in [9.17, 15) is 10.2 Å². The average Bonchev–Trinajstić information content (AvgIpc) is 3.52. The molecular weight excluding hydrogens is 492 g/mol. The molecular formula is C36H24N2O2. The Kier molecular flexibility index (Phi) is 4.79. The maximum Gasteiger partial charge on any atom is 0.125 e. The van der Waals surface area contributed by atoms with Crippen LogP contribution in [0.1, 0.15) is 0 Å². The average molecular weight is 517 g/mol. The Morgan fingerprint density at radius 1 is 0.375 bits per heavy atom. The predicted molar refractivity (Wildman–Crippen MR) is 164 cm³/mol. The van der Waals surface area contributed by atoms with Gasteiger partial charge in [-0.3, -0.25) is 0 Å². The van der Waals surface area contributed by atoms with E-state index in [0.29, 0.717) is 0 Å². The summed E-state index contributed by atoms with van der Waals surface area (Å²) in [5.41, 5.74) is 8.08. The molecule has 0 bridgehead atoms. The summed E-state index contributed by atoms with van der Waals surface area (Å²) in [5, 5.41) is 25.5. The first-order valence-electron chi connectivity index (χ1n) is 13.3. The number of hydrogen-bond donors (Lipinski definition) is 2. The van der Waals surface area contributed by atoms with Crippen LogP contribution in [0.2, 0.25) is 0 Å². The van der Waals surface area contributed by atoms with E-state index in [4.69, 9.17) is 0 Å². The van der Waals surface area contributed by atoms with Gasteiger partial charge in [-0.25, -0.2) is 0 Å². The van der Waals surface area contributed by atoms with Crippen molar-refractivity contribution in [3.05, 3.63) is 133 Å². The molecule has 0 amide bonds. The number of nitrogens with zero attached hydrogens (tertiary/aromatic N) is 2. The van der Waals surface area contributed by atoms with Gasteiger partial charge in [0.05, 0.1) is 22.1 Å². The van der Waals surface area contributed by atoms with Gasteiger partial charge < -0.3 is 19.3 Å². The summed E-state index contributed by atoms with van der Waals surface area (Å²) in [7, 11) is 0. The van der Waals surface area contributed by atoms with E-state index in [-0.39, 0.29) is 11.5 Å². The molecule has 0 atom stereocenters. The van der Waals surface area contributed by atoms with Crippen LogP contribution in [0.4, 0.5) is 0 Å². The highest BCUT2D eigenvalue weighted by molar-refractivity contribution is 6.13. The lowest BCUT2D eigenvalue weighted by molar-refractivity contribution is 0.481. The zero-order valence-corrected chi connectivity index (χ0v) is 21.5. The lowest BCUT2D eigenvalue weighted by Crippen LogP contribution is -2.00. The van der Waals surface area contributed by atoms with Crippen molar-refractivity contribution in [2.75, 3.05) is 0 Å². The number of phenols is 2. The molecule has 2 aromatic heterocycles. The molecule has 0 aliphatic heterocycles. The molecule has 0 spiro atoms. The highest BCUT2D eigenvalue weighted by atomic mass is 16.3. The molecule has 40 heavy (non-hydrogen) atoms. The molecule has 0 aliphatic carbocycles. The quantitative estimate of drug-likeness (QED) is 0.246. The smallest absolute Gasteiger partial charge is 0.125 e. The summed E-state index contributed by atoms with van der Waals surface area (Å²) in [5.74, 6) is 0.537. The number of benzene rings is 6. The van der Waals surface area contributed by atoms with Crippen LogP contribution >= 0.6 is 0 Å². The molecule has 190 valence electrons. The zero-order valence-electron chi connectivity index (χ0n) is 21.5. The van der Waals surface area contributed by atoms with Gasteiger partial charge in [0, 0.05) is 32.9 Å². The van der Waals surface area contributed by atoms with Crippen molar-refractivity contribution in [1.82, 2.24) is 9.13 Å². The summed E-state index contributed by atoms with van der Waals surface area (Å²) in [6.07, 6.45) is 0. The second kappa shape index (κ2) is 8.52. The first-order chi connectivity index (χ1) is 19.7. The lowest BCUT2D eigenvalue weighted by atomic mass is 10.0. The molecule has 4 nitrogen and oxygen atoms in total. The van der Waals surface area contributed by atoms with Crippen LogP contribution < -0.4 is 0 Å². The molecule has 2 heterocycles. The number of para-hydroxylation sites is 2. The molecule has 2 N–H and O–H groups in total. The number of hydrogen-bond acceptors (Lipinski definition) is 2. The van der Waals surface area contributed by atoms with Crippen molar-refractivity contribution in [2.24, 2.45) is 0 Å². The third-order valence-corrected chi connectivity index (χ3v) is 7.88. The minimum absolute atomic E-state index is 0.268. The van der Waals surface area contributed by atoms with Gasteiger partial charge in [0.2, 0.25) is 0 Å². The molecule has 8 aromatic rings. The molecule has 8 rings (SSSR count). The number of rotatable bonds is 3. The molecule has 0 saturated heterocycles. The third-order valence-electron chi connectivity index (χ3n) is 7.88. The van der Waals surface area contributed by atoms with Crippen LogP contribution in [0.3, 0.4) is 0 Å². The van der Waals surface area contributed by atoms with E-state index in [1.165, 1.54) is 0 Å². The van der Waals surface area contributed by atoms with Gasteiger partial charge in [0.15, 0.2) is 0 Å². The largest absolute Gasteiger partial charge is 0.507 e. The summed E-state index contributed by atoms with van der Waals surface area (Å²) >= 11 is 0. The second-order valence-corrected chi connectivity index (χ2v) is 10.2. The first kappa shape index (κ1) is 22.5.